The number of rotatable bonds is 6. The monoisotopic (exact) mass is 540 g/mol. The Labute approximate surface area is 203 Å². The fraction of sp³-hybridized carbons (Fsp3) is 0.391. The van der Waals surface area contributed by atoms with E-state index >= 15 is 0 Å². The molecule has 0 saturated carbocycles. The topological polar surface area (TPSA) is 93.2 Å². The zero-order valence-electron chi connectivity index (χ0n) is 19.0. The molecule has 1 fully saturated rings. The third kappa shape index (κ3) is 6.55. The molecule has 33 heavy (non-hydrogen) atoms. The van der Waals surface area contributed by atoms with Gasteiger partial charge in [0.1, 0.15) is 6.61 Å². The zero-order chi connectivity index (χ0) is 24.6. The highest BCUT2D eigenvalue weighted by Gasteiger charge is 2.37. The summed E-state index contributed by atoms with van der Waals surface area (Å²) in [6.45, 7) is 8.69. The number of carbonyl (C=O) groups is 2. The number of hydrogen-bond donors (Lipinski definition) is 0. The van der Waals surface area contributed by atoms with Crippen LogP contribution in [-0.4, -0.2) is 51.5 Å². The van der Waals surface area contributed by atoms with E-state index in [1.54, 1.807) is 24.0 Å². The number of hydrogen-bond acceptors (Lipinski definition) is 6. The molecule has 0 spiro atoms. The number of piperidine rings is 1. The smallest absolute Gasteiger partial charge is 0.414 e. The quantitative estimate of drug-likeness (QED) is 0.388. The molecule has 2 aliphatic heterocycles. The Morgan fingerprint density at radius 2 is 1.94 bits per heavy atom. The second-order valence-electron chi connectivity index (χ2n) is 7.46. The van der Waals surface area contributed by atoms with Gasteiger partial charge in [-0.2, -0.15) is 4.31 Å². The summed E-state index contributed by atoms with van der Waals surface area (Å²) in [6.07, 6.45) is 6.06. The van der Waals surface area contributed by atoms with E-state index in [2.05, 4.69) is 27.2 Å². The molecule has 3 rings (SSSR count). The van der Waals surface area contributed by atoms with Crippen LogP contribution in [0.1, 0.15) is 32.3 Å². The van der Waals surface area contributed by atoms with Gasteiger partial charge in [-0.15, -0.1) is 0 Å². The number of ether oxygens (including phenoxy) is 2. The molecule has 10 heteroatoms. The number of halogens is 1. The first kappa shape index (κ1) is 26.8. The molecule has 0 atom stereocenters. The standard InChI is InChI=1S/C21H25BrN2O4S.C2H4O2/c1-4-5-6-15(2)16(3)29(26,27)23-11-9-19(10-12-23)24-20-8-7-18(22)13-17(20)14-28-21(24)25;1-4-2-3/h4-8,13,19H,3,9-12,14H2,1-2H3;2H,1H3/b5-4-,15-6-;. The van der Waals surface area contributed by atoms with Crippen LogP contribution < -0.4 is 4.90 Å². The number of allylic oxidation sites excluding steroid dienone is 4. The summed E-state index contributed by atoms with van der Waals surface area (Å²) in [5.41, 5.74) is 2.39. The van der Waals surface area contributed by atoms with E-state index in [-0.39, 0.29) is 23.6 Å². The molecule has 1 amide bonds. The van der Waals surface area contributed by atoms with Gasteiger partial charge in [-0.1, -0.05) is 40.7 Å². The Kier molecular flexibility index (Phi) is 9.87. The van der Waals surface area contributed by atoms with E-state index in [9.17, 15) is 13.2 Å². The number of sulfonamides is 1. The van der Waals surface area contributed by atoms with E-state index in [4.69, 9.17) is 9.53 Å². The molecule has 8 nitrogen and oxygen atoms in total. The van der Waals surface area contributed by atoms with Gasteiger partial charge in [-0.3, -0.25) is 9.69 Å². The lowest BCUT2D eigenvalue weighted by Crippen LogP contribution is -2.50. The number of cyclic esters (lactones) is 1. The van der Waals surface area contributed by atoms with Gasteiger partial charge in [0.25, 0.3) is 6.47 Å². The minimum atomic E-state index is -3.63. The van der Waals surface area contributed by atoms with Gasteiger partial charge in [0.15, 0.2) is 0 Å². The SMILES string of the molecule is C=C(/C(C)=C\C=C/C)S(=O)(=O)N1CCC(N2C(=O)OCc3cc(Br)ccc32)CC1.COC=O. The van der Waals surface area contributed by atoms with Gasteiger partial charge in [-0.05, 0) is 50.5 Å². The molecule has 180 valence electrons. The highest BCUT2D eigenvalue weighted by molar-refractivity contribution is 9.10. The van der Waals surface area contributed by atoms with E-state index in [0.717, 1.165) is 15.7 Å². The van der Waals surface area contributed by atoms with Gasteiger partial charge >= 0.3 is 6.09 Å². The van der Waals surface area contributed by atoms with Crippen LogP contribution in [0.25, 0.3) is 0 Å². The lowest BCUT2D eigenvalue weighted by atomic mass is 10.0. The van der Waals surface area contributed by atoms with Crippen molar-refractivity contribution in [1.29, 1.82) is 0 Å². The summed E-state index contributed by atoms with van der Waals surface area (Å²) >= 11 is 3.44. The summed E-state index contributed by atoms with van der Waals surface area (Å²) in [4.78, 5) is 23.2. The normalized spacial score (nSPS) is 17.6. The second-order valence-corrected chi connectivity index (χ2v) is 10.3. The fourth-order valence-corrected chi connectivity index (χ4v) is 5.48. The minimum absolute atomic E-state index is 0.109. The lowest BCUT2D eigenvalue weighted by molar-refractivity contribution is -0.126. The molecule has 1 aromatic carbocycles. The molecule has 1 aromatic rings. The first-order valence-electron chi connectivity index (χ1n) is 10.4. The van der Waals surface area contributed by atoms with Gasteiger partial charge in [0, 0.05) is 29.2 Å². The zero-order valence-corrected chi connectivity index (χ0v) is 21.4. The van der Waals surface area contributed by atoms with Crippen molar-refractivity contribution in [2.24, 2.45) is 0 Å². The summed E-state index contributed by atoms with van der Waals surface area (Å²) in [5.74, 6) is 0. The van der Waals surface area contributed by atoms with Crippen molar-refractivity contribution in [3.05, 3.63) is 63.5 Å². The summed E-state index contributed by atoms with van der Waals surface area (Å²) < 4.78 is 37.4. The van der Waals surface area contributed by atoms with E-state index in [1.165, 1.54) is 11.4 Å². The number of nitrogens with zero attached hydrogens (tertiary/aromatic N) is 2. The molecule has 0 N–H and O–H groups in total. The highest BCUT2D eigenvalue weighted by Crippen LogP contribution is 2.34. The first-order valence-corrected chi connectivity index (χ1v) is 12.6. The second kappa shape index (κ2) is 12.2. The highest BCUT2D eigenvalue weighted by atomic mass is 79.9. The summed E-state index contributed by atoms with van der Waals surface area (Å²) in [5, 5.41) is 0. The van der Waals surface area contributed by atoms with Crippen LogP contribution in [0.3, 0.4) is 0 Å². The van der Waals surface area contributed by atoms with Crippen molar-refractivity contribution in [2.45, 2.75) is 39.3 Å². The van der Waals surface area contributed by atoms with Gasteiger partial charge < -0.3 is 9.47 Å². The van der Waals surface area contributed by atoms with Crippen molar-refractivity contribution in [3.63, 3.8) is 0 Å². The van der Waals surface area contributed by atoms with Crippen molar-refractivity contribution < 1.29 is 27.5 Å². The molecule has 2 heterocycles. The lowest BCUT2D eigenvalue weighted by Gasteiger charge is -2.40. The number of benzene rings is 1. The molecular formula is C23H29BrN2O6S. The molecule has 0 radical (unpaired) electrons. The molecule has 0 unspecified atom stereocenters. The van der Waals surface area contributed by atoms with E-state index in [1.807, 2.05) is 31.2 Å². The van der Waals surface area contributed by atoms with Crippen molar-refractivity contribution >= 4 is 44.2 Å². The molecule has 2 aliphatic rings. The van der Waals surface area contributed by atoms with Gasteiger partial charge in [0.05, 0.1) is 17.7 Å². The molecule has 0 bridgehead atoms. The Morgan fingerprint density at radius 1 is 1.30 bits per heavy atom. The largest absolute Gasteiger partial charge is 0.471 e. The summed E-state index contributed by atoms with van der Waals surface area (Å²) in [7, 11) is -2.32. The van der Waals surface area contributed by atoms with E-state index < -0.39 is 10.0 Å². The van der Waals surface area contributed by atoms with E-state index in [0.29, 0.717) is 38.0 Å². The first-order chi connectivity index (χ1) is 15.7. The Hall–Kier alpha value is -2.43. The number of carbonyl (C=O) groups excluding carboxylic acids is 2. The molecular weight excluding hydrogens is 512 g/mol. The maximum Gasteiger partial charge on any atom is 0.414 e. The maximum atomic E-state index is 12.9. The number of anilines is 1. The Bertz CT molecular complexity index is 1040. The summed E-state index contributed by atoms with van der Waals surface area (Å²) in [6, 6.07) is 5.63. The molecule has 0 aromatic heterocycles. The number of fused-ring (bicyclic) bond motifs is 1. The minimum Gasteiger partial charge on any atom is -0.471 e. The maximum absolute atomic E-state index is 12.9. The fourth-order valence-electron chi connectivity index (χ4n) is 3.59. The van der Waals surface area contributed by atoms with Crippen LogP contribution in [-0.2, 0) is 30.9 Å². The van der Waals surface area contributed by atoms with Crippen LogP contribution in [0.2, 0.25) is 0 Å². The van der Waals surface area contributed by atoms with Crippen LogP contribution in [0.5, 0.6) is 0 Å². The number of methoxy groups -OCH3 is 1. The molecule has 0 aliphatic carbocycles. The average Bonchev–Trinajstić information content (AvgIpc) is 2.82. The van der Waals surface area contributed by atoms with Crippen LogP contribution in [0.15, 0.2) is 58.0 Å². The van der Waals surface area contributed by atoms with Crippen molar-refractivity contribution in [2.75, 3.05) is 25.1 Å². The van der Waals surface area contributed by atoms with Crippen LogP contribution in [0, 0.1) is 0 Å². The Balaban J connectivity index is 0.000000890. The molecule has 1 saturated heterocycles. The Morgan fingerprint density at radius 3 is 2.52 bits per heavy atom. The van der Waals surface area contributed by atoms with Gasteiger partial charge in [0.2, 0.25) is 10.0 Å². The predicted molar refractivity (Wildman–Crippen MR) is 131 cm³/mol. The van der Waals surface area contributed by atoms with Crippen molar-refractivity contribution in [1.82, 2.24) is 4.31 Å². The van der Waals surface area contributed by atoms with Crippen LogP contribution in [0.4, 0.5) is 10.5 Å². The predicted octanol–water partition coefficient (Wildman–Crippen LogP) is 4.53. The van der Waals surface area contributed by atoms with Crippen LogP contribution >= 0.6 is 15.9 Å². The third-order valence-electron chi connectivity index (χ3n) is 5.36. The van der Waals surface area contributed by atoms with Gasteiger partial charge in [-0.25, -0.2) is 13.2 Å². The number of amides is 1. The average molecular weight is 541 g/mol. The third-order valence-corrected chi connectivity index (χ3v) is 7.85. The van der Waals surface area contributed by atoms with Crippen molar-refractivity contribution in [3.8, 4) is 0 Å².